The number of allylic oxidation sites excluding steroid dienone is 2. The van der Waals surface area contributed by atoms with Gasteiger partial charge in [0.25, 0.3) is 0 Å². The topological polar surface area (TPSA) is 109 Å². The molecule has 0 heterocycles. The highest BCUT2D eigenvalue weighted by atomic mass is 16.4. The predicted molar refractivity (Wildman–Crippen MR) is 108 cm³/mol. The maximum atomic E-state index is 11.8. The van der Waals surface area contributed by atoms with Gasteiger partial charge in [-0.05, 0) is 38.5 Å². The first-order valence-corrected chi connectivity index (χ1v) is 10.4. The monoisotopic (exact) mass is 382 g/mol. The molecule has 0 aromatic heterocycles. The molecule has 6 nitrogen and oxygen atoms in total. The molecule has 0 saturated heterocycles. The minimum Gasteiger partial charge on any atom is -0.480 e. The fourth-order valence-corrected chi connectivity index (χ4v) is 2.81. The Morgan fingerprint density at radius 2 is 1.44 bits per heavy atom. The number of rotatable bonds is 18. The van der Waals surface area contributed by atoms with E-state index in [4.69, 9.17) is 10.8 Å². The van der Waals surface area contributed by atoms with E-state index in [2.05, 4.69) is 24.4 Å². The van der Waals surface area contributed by atoms with Crippen molar-refractivity contribution in [1.82, 2.24) is 5.32 Å². The number of carboxylic acid groups (broad SMARTS) is 1. The number of carbonyl (C=O) groups excluding carboxylic acids is 2. The summed E-state index contributed by atoms with van der Waals surface area (Å²) in [7, 11) is 0. The molecule has 2 amide bonds. The van der Waals surface area contributed by atoms with Gasteiger partial charge < -0.3 is 16.2 Å². The minimum absolute atomic E-state index is 0.0303. The molecule has 0 aromatic rings. The molecule has 0 spiro atoms. The molecule has 0 bridgehead atoms. The lowest BCUT2D eigenvalue weighted by Gasteiger charge is -2.13. The van der Waals surface area contributed by atoms with E-state index in [1.807, 2.05) is 0 Å². The average molecular weight is 383 g/mol. The maximum Gasteiger partial charge on any atom is 0.326 e. The van der Waals surface area contributed by atoms with Crippen LogP contribution in [0.2, 0.25) is 0 Å². The molecule has 0 aliphatic heterocycles. The molecule has 0 aliphatic carbocycles. The van der Waals surface area contributed by atoms with E-state index < -0.39 is 17.9 Å². The van der Waals surface area contributed by atoms with Crippen LogP contribution in [0.1, 0.15) is 96.8 Å². The Bertz CT molecular complexity index is 449. The summed E-state index contributed by atoms with van der Waals surface area (Å²) in [5, 5.41) is 11.5. The number of hydrogen-bond acceptors (Lipinski definition) is 3. The Hall–Kier alpha value is -1.85. The minimum atomic E-state index is -1.14. The number of primary amides is 1. The summed E-state index contributed by atoms with van der Waals surface area (Å²) < 4.78 is 0. The molecule has 0 fully saturated rings. The molecular weight excluding hydrogens is 344 g/mol. The molecule has 0 aromatic carbocycles. The Kier molecular flexibility index (Phi) is 16.4. The van der Waals surface area contributed by atoms with Crippen molar-refractivity contribution in [2.75, 3.05) is 0 Å². The molecular formula is C21H38N2O4. The summed E-state index contributed by atoms with van der Waals surface area (Å²) in [5.74, 6) is -1.98. The van der Waals surface area contributed by atoms with Crippen LogP contribution in [0.5, 0.6) is 0 Å². The van der Waals surface area contributed by atoms with Gasteiger partial charge in [-0.3, -0.25) is 9.59 Å². The van der Waals surface area contributed by atoms with Gasteiger partial charge in [0.1, 0.15) is 6.04 Å². The summed E-state index contributed by atoms with van der Waals surface area (Å²) in [6.07, 6.45) is 17.5. The lowest BCUT2D eigenvalue weighted by Crippen LogP contribution is -2.41. The van der Waals surface area contributed by atoms with E-state index in [1.54, 1.807) is 0 Å². The quantitative estimate of drug-likeness (QED) is 0.245. The number of carbonyl (C=O) groups is 3. The molecule has 0 radical (unpaired) electrons. The van der Waals surface area contributed by atoms with Gasteiger partial charge in [-0.1, -0.05) is 57.6 Å². The van der Waals surface area contributed by atoms with Crippen molar-refractivity contribution >= 4 is 17.8 Å². The number of nitrogens with one attached hydrogen (secondary N) is 1. The van der Waals surface area contributed by atoms with E-state index in [0.717, 1.165) is 32.1 Å². The number of aliphatic carboxylic acids is 1. The number of amides is 2. The Morgan fingerprint density at radius 1 is 0.889 bits per heavy atom. The van der Waals surface area contributed by atoms with E-state index in [0.29, 0.717) is 6.42 Å². The average Bonchev–Trinajstić information content (AvgIpc) is 2.62. The van der Waals surface area contributed by atoms with Crippen molar-refractivity contribution < 1.29 is 19.5 Å². The number of carboxylic acids is 1. The Morgan fingerprint density at radius 3 is 2.00 bits per heavy atom. The molecule has 27 heavy (non-hydrogen) atoms. The summed E-state index contributed by atoms with van der Waals surface area (Å²) in [6.45, 7) is 2.22. The zero-order valence-electron chi connectivity index (χ0n) is 16.9. The molecule has 0 rings (SSSR count). The highest BCUT2D eigenvalue weighted by molar-refractivity contribution is 5.84. The molecule has 6 heteroatoms. The van der Waals surface area contributed by atoms with Gasteiger partial charge in [-0.15, -0.1) is 0 Å². The van der Waals surface area contributed by atoms with Gasteiger partial charge >= 0.3 is 5.97 Å². The van der Waals surface area contributed by atoms with E-state index in [9.17, 15) is 14.4 Å². The standard InChI is InChI=1S/C21H38N2O4/c1-2-3-4-5-6-7-8-9-10-11-12-13-14-15-20(25)23-18(21(26)27)16-17-19(22)24/h7-8,18H,2-6,9-17H2,1H3,(H2,22,24)(H,23,25)(H,26,27)/b8-7-/t18-/m0/s1. The van der Waals surface area contributed by atoms with Crippen LogP contribution in [0.15, 0.2) is 12.2 Å². The largest absolute Gasteiger partial charge is 0.480 e. The van der Waals surface area contributed by atoms with E-state index >= 15 is 0 Å². The zero-order valence-corrected chi connectivity index (χ0v) is 16.9. The Labute approximate surface area is 164 Å². The van der Waals surface area contributed by atoms with Crippen molar-refractivity contribution in [1.29, 1.82) is 0 Å². The van der Waals surface area contributed by atoms with Crippen molar-refractivity contribution in [2.45, 2.75) is 103 Å². The van der Waals surface area contributed by atoms with Crippen molar-refractivity contribution in [3.63, 3.8) is 0 Å². The first-order valence-electron chi connectivity index (χ1n) is 10.4. The number of hydrogen-bond donors (Lipinski definition) is 3. The summed E-state index contributed by atoms with van der Waals surface area (Å²) >= 11 is 0. The predicted octanol–water partition coefficient (Wildman–Crippen LogP) is 4.08. The SMILES string of the molecule is CCCCCC/C=C\CCCCCCCC(=O)N[C@@H](CCC(N)=O)C(=O)O. The van der Waals surface area contributed by atoms with Crippen LogP contribution >= 0.6 is 0 Å². The highest BCUT2D eigenvalue weighted by Gasteiger charge is 2.20. The third kappa shape index (κ3) is 17.3. The first kappa shape index (κ1) is 25.1. The molecule has 1 atom stereocenters. The van der Waals surface area contributed by atoms with Crippen LogP contribution in [-0.4, -0.2) is 28.9 Å². The maximum absolute atomic E-state index is 11.8. The van der Waals surface area contributed by atoms with Crippen LogP contribution in [0.25, 0.3) is 0 Å². The lowest BCUT2D eigenvalue weighted by molar-refractivity contribution is -0.142. The number of unbranched alkanes of at least 4 members (excludes halogenated alkanes) is 9. The third-order valence-corrected chi connectivity index (χ3v) is 4.48. The molecule has 0 saturated carbocycles. The van der Waals surface area contributed by atoms with Crippen LogP contribution in [0.4, 0.5) is 0 Å². The van der Waals surface area contributed by atoms with Gasteiger partial charge in [-0.25, -0.2) is 4.79 Å². The molecule has 4 N–H and O–H groups in total. The van der Waals surface area contributed by atoms with Gasteiger partial charge in [0.05, 0.1) is 0 Å². The van der Waals surface area contributed by atoms with Crippen molar-refractivity contribution in [2.24, 2.45) is 5.73 Å². The number of nitrogens with two attached hydrogens (primary N) is 1. The van der Waals surface area contributed by atoms with Crippen LogP contribution < -0.4 is 11.1 Å². The third-order valence-electron chi connectivity index (χ3n) is 4.48. The summed E-state index contributed by atoms with van der Waals surface area (Å²) in [5.41, 5.74) is 5.01. The molecule has 0 unspecified atom stereocenters. The van der Waals surface area contributed by atoms with E-state index in [-0.39, 0.29) is 18.7 Å². The van der Waals surface area contributed by atoms with Gasteiger partial charge in [0.2, 0.25) is 11.8 Å². The summed E-state index contributed by atoms with van der Waals surface area (Å²) in [6, 6.07) is -1.04. The van der Waals surface area contributed by atoms with Crippen LogP contribution in [0.3, 0.4) is 0 Å². The van der Waals surface area contributed by atoms with Crippen LogP contribution in [0, 0.1) is 0 Å². The fraction of sp³-hybridized carbons (Fsp3) is 0.762. The second-order valence-electron chi connectivity index (χ2n) is 7.09. The fourth-order valence-electron chi connectivity index (χ4n) is 2.81. The van der Waals surface area contributed by atoms with Crippen molar-refractivity contribution in [3.05, 3.63) is 12.2 Å². The Balaban J connectivity index is 3.60. The molecule has 156 valence electrons. The second-order valence-corrected chi connectivity index (χ2v) is 7.09. The van der Waals surface area contributed by atoms with Crippen LogP contribution in [-0.2, 0) is 14.4 Å². The van der Waals surface area contributed by atoms with E-state index in [1.165, 1.54) is 38.5 Å². The van der Waals surface area contributed by atoms with Gasteiger partial charge in [0, 0.05) is 12.8 Å². The van der Waals surface area contributed by atoms with Gasteiger partial charge in [-0.2, -0.15) is 0 Å². The highest BCUT2D eigenvalue weighted by Crippen LogP contribution is 2.09. The lowest BCUT2D eigenvalue weighted by atomic mass is 10.1. The van der Waals surface area contributed by atoms with Gasteiger partial charge in [0.15, 0.2) is 0 Å². The normalized spacial score (nSPS) is 12.2. The smallest absolute Gasteiger partial charge is 0.326 e. The van der Waals surface area contributed by atoms with Crippen molar-refractivity contribution in [3.8, 4) is 0 Å². The first-order chi connectivity index (χ1) is 13.0. The second kappa shape index (κ2) is 17.6. The zero-order chi connectivity index (χ0) is 20.3. The summed E-state index contributed by atoms with van der Waals surface area (Å²) in [4.78, 5) is 33.6. The molecule has 0 aliphatic rings.